The van der Waals surface area contributed by atoms with Crippen molar-refractivity contribution in [3.05, 3.63) is 48.6 Å². The van der Waals surface area contributed by atoms with Crippen molar-refractivity contribution in [3.63, 3.8) is 0 Å². The zero-order valence-electron chi connectivity index (χ0n) is 13.4. The molecule has 23 heavy (non-hydrogen) atoms. The highest BCUT2D eigenvalue weighted by Crippen LogP contribution is 2.35. The maximum absolute atomic E-state index is 5.95. The van der Waals surface area contributed by atoms with E-state index in [4.69, 9.17) is 9.15 Å². The van der Waals surface area contributed by atoms with E-state index in [1.165, 1.54) is 0 Å². The highest BCUT2D eigenvalue weighted by molar-refractivity contribution is 5.40. The van der Waals surface area contributed by atoms with E-state index in [-0.39, 0.29) is 5.41 Å². The Hall–Kier alpha value is -1.85. The summed E-state index contributed by atoms with van der Waals surface area (Å²) in [5.74, 6) is 2.10. The highest BCUT2D eigenvalue weighted by atomic mass is 16.5. The van der Waals surface area contributed by atoms with E-state index >= 15 is 0 Å². The molecule has 0 saturated carbocycles. The van der Waals surface area contributed by atoms with Crippen LogP contribution in [-0.2, 0) is 11.3 Å². The van der Waals surface area contributed by atoms with Crippen molar-refractivity contribution >= 4 is 5.82 Å². The van der Waals surface area contributed by atoms with Crippen molar-refractivity contribution in [1.82, 2.24) is 9.88 Å². The van der Waals surface area contributed by atoms with E-state index in [0.29, 0.717) is 0 Å². The first-order valence-electron chi connectivity index (χ1n) is 8.32. The normalized spacial score (nSPS) is 25.8. The van der Waals surface area contributed by atoms with E-state index in [1.54, 1.807) is 6.26 Å². The van der Waals surface area contributed by atoms with Crippen LogP contribution in [0.1, 0.15) is 12.2 Å². The predicted molar refractivity (Wildman–Crippen MR) is 88.3 cm³/mol. The Bertz CT molecular complexity index is 616. The molecule has 2 saturated heterocycles. The van der Waals surface area contributed by atoms with Crippen molar-refractivity contribution in [2.45, 2.75) is 13.0 Å². The van der Waals surface area contributed by atoms with Crippen LogP contribution in [0.4, 0.5) is 5.82 Å². The Morgan fingerprint density at radius 1 is 1.13 bits per heavy atom. The minimum absolute atomic E-state index is 0.195. The summed E-state index contributed by atoms with van der Waals surface area (Å²) in [6.45, 7) is 6.58. The molecule has 2 fully saturated rings. The van der Waals surface area contributed by atoms with E-state index < -0.39 is 0 Å². The van der Waals surface area contributed by atoms with E-state index in [0.717, 1.165) is 63.9 Å². The molecule has 4 rings (SSSR count). The fourth-order valence-electron chi connectivity index (χ4n) is 3.76. The molecule has 0 aliphatic carbocycles. The molecule has 122 valence electrons. The molecule has 2 aliphatic rings. The summed E-state index contributed by atoms with van der Waals surface area (Å²) < 4.78 is 11.5. The van der Waals surface area contributed by atoms with Crippen LogP contribution < -0.4 is 4.90 Å². The molecule has 0 aromatic carbocycles. The van der Waals surface area contributed by atoms with Crippen LogP contribution in [-0.4, -0.2) is 49.3 Å². The third-order valence-corrected chi connectivity index (χ3v) is 4.89. The van der Waals surface area contributed by atoms with Gasteiger partial charge in [-0.2, -0.15) is 0 Å². The number of rotatable bonds is 3. The van der Waals surface area contributed by atoms with Gasteiger partial charge in [0.05, 0.1) is 26.0 Å². The molecular formula is C18H23N3O2. The fraction of sp³-hybridized carbons (Fsp3) is 0.500. The van der Waals surface area contributed by atoms with Gasteiger partial charge in [0.2, 0.25) is 0 Å². The second-order valence-electron chi connectivity index (χ2n) is 6.70. The van der Waals surface area contributed by atoms with Gasteiger partial charge in [-0.05, 0) is 30.7 Å². The second kappa shape index (κ2) is 6.34. The molecular weight excluding hydrogens is 290 g/mol. The van der Waals surface area contributed by atoms with E-state index in [2.05, 4.69) is 26.9 Å². The molecule has 2 aliphatic heterocycles. The van der Waals surface area contributed by atoms with Crippen LogP contribution in [0.3, 0.4) is 0 Å². The lowest BCUT2D eigenvalue weighted by molar-refractivity contribution is 0.0797. The summed E-state index contributed by atoms with van der Waals surface area (Å²) in [6, 6.07) is 10.1. The quantitative estimate of drug-likeness (QED) is 0.870. The Morgan fingerprint density at radius 3 is 2.96 bits per heavy atom. The summed E-state index contributed by atoms with van der Waals surface area (Å²) in [5, 5.41) is 0. The number of furan rings is 1. The zero-order valence-corrected chi connectivity index (χ0v) is 13.4. The van der Waals surface area contributed by atoms with Gasteiger partial charge in [0.1, 0.15) is 11.6 Å². The van der Waals surface area contributed by atoms with Gasteiger partial charge >= 0.3 is 0 Å². The molecule has 2 aromatic rings. The molecule has 4 heterocycles. The molecule has 1 atom stereocenters. The SMILES string of the molecule is c1ccc(N2CC[C@]3(COCCN(Cc4ccco4)C3)C2)nc1. The smallest absolute Gasteiger partial charge is 0.128 e. The third-order valence-electron chi connectivity index (χ3n) is 4.89. The van der Waals surface area contributed by atoms with Crippen LogP contribution in [0.5, 0.6) is 0 Å². The lowest BCUT2D eigenvalue weighted by Crippen LogP contribution is -2.40. The molecule has 1 spiro atoms. The van der Waals surface area contributed by atoms with Crippen LogP contribution in [0.25, 0.3) is 0 Å². The van der Waals surface area contributed by atoms with Crippen molar-refractivity contribution in [3.8, 4) is 0 Å². The van der Waals surface area contributed by atoms with Gasteiger partial charge in [0.25, 0.3) is 0 Å². The molecule has 0 N–H and O–H groups in total. The average Bonchev–Trinajstić information content (AvgIpc) is 3.18. The number of hydrogen-bond acceptors (Lipinski definition) is 5. The topological polar surface area (TPSA) is 41.7 Å². The van der Waals surface area contributed by atoms with E-state index in [1.807, 2.05) is 24.4 Å². The number of ether oxygens (including phenoxy) is 1. The first-order valence-corrected chi connectivity index (χ1v) is 8.32. The number of pyridine rings is 1. The minimum Gasteiger partial charge on any atom is -0.468 e. The van der Waals surface area contributed by atoms with Gasteiger partial charge in [0.15, 0.2) is 0 Å². The van der Waals surface area contributed by atoms with Crippen molar-refractivity contribution in [1.29, 1.82) is 0 Å². The standard InChI is InChI=1S/C18H23N3O2/c1-2-7-19-17(5-1)21-8-6-18(14-21)13-20(9-11-22-15-18)12-16-4-3-10-23-16/h1-5,7,10H,6,8-9,11-15H2/t18-/m1/s1. The first kappa shape index (κ1) is 14.7. The maximum atomic E-state index is 5.95. The Labute approximate surface area is 136 Å². The summed E-state index contributed by atoms with van der Waals surface area (Å²) in [6.07, 6.45) is 4.77. The molecule has 0 amide bonds. The fourth-order valence-corrected chi connectivity index (χ4v) is 3.76. The van der Waals surface area contributed by atoms with Gasteiger partial charge in [-0.15, -0.1) is 0 Å². The second-order valence-corrected chi connectivity index (χ2v) is 6.70. The van der Waals surface area contributed by atoms with Gasteiger partial charge < -0.3 is 14.1 Å². The summed E-state index contributed by atoms with van der Waals surface area (Å²) in [5.41, 5.74) is 0.195. The Morgan fingerprint density at radius 2 is 2.13 bits per heavy atom. The molecule has 0 radical (unpaired) electrons. The van der Waals surface area contributed by atoms with Crippen molar-refractivity contribution in [2.75, 3.05) is 44.3 Å². The molecule has 0 bridgehead atoms. The van der Waals surface area contributed by atoms with E-state index in [9.17, 15) is 0 Å². The average molecular weight is 313 g/mol. The summed E-state index contributed by atoms with van der Waals surface area (Å²) in [7, 11) is 0. The molecule has 0 unspecified atom stereocenters. The lowest BCUT2D eigenvalue weighted by atomic mass is 9.87. The minimum atomic E-state index is 0.195. The van der Waals surface area contributed by atoms with Crippen LogP contribution in [0, 0.1) is 5.41 Å². The largest absolute Gasteiger partial charge is 0.468 e. The first-order chi connectivity index (χ1) is 11.3. The van der Waals surface area contributed by atoms with Crippen LogP contribution >= 0.6 is 0 Å². The zero-order chi connectivity index (χ0) is 15.5. The number of aromatic nitrogens is 1. The van der Waals surface area contributed by atoms with Crippen molar-refractivity contribution in [2.24, 2.45) is 5.41 Å². The summed E-state index contributed by atoms with van der Waals surface area (Å²) >= 11 is 0. The van der Waals surface area contributed by atoms with Crippen molar-refractivity contribution < 1.29 is 9.15 Å². The van der Waals surface area contributed by atoms with Gasteiger partial charge in [-0.1, -0.05) is 6.07 Å². The number of nitrogens with zero attached hydrogens (tertiary/aromatic N) is 3. The highest BCUT2D eigenvalue weighted by Gasteiger charge is 2.41. The predicted octanol–water partition coefficient (Wildman–Crippen LogP) is 2.40. The van der Waals surface area contributed by atoms with Crippen LogP contribution in [0.2, 0.25) is 0 Å². The number of anilines is 1. The van der Waals surface area contributed by atoms with Gasteiger partial charge in [0, 0.05) is 37.8 Å². The van der Waals surface area contributed by atoms with Gasteiger partial charge in [-0.25, -0.2) is 4.98 Å². The van der Waals surface area contributed by atoms with Gasteiger partial charge in [-0.3, -0.25) is 4.90 Å². The third kappa shape index (κ3) is 3.26. The summed E-state index contributed by atoms with van der Waals surface area (Å²) in [4.78, 5) is 9.35. The molecule has 5 heteroatoms. The Balaban J connectivity index is 1.46. The molecule has 2 aromatic heterocycles. The van der Waals surface area contributed by atoms with Crippen LogP contribution in [0.15, 0.2) is 47.2 Å². The number of hydrogen-bond donors (Lipinski definition) is 0. The lowest BCUT2D eigenvalue weighted by Gasteiger charge is -2.31. The Kier molecular flexibility index (Phi) is 4.06. The monoisotopic (exact) mass is 313 g/mol. The maximum Gasteiger partial charge on any atom is 0.128 e. The molecule has 5 nitrogen and oxygen atoms in total.